The van der Waals surface area contributed by atoms with E-state index >= 15 is 0 Å². The molecule has 15 heavy (non-hydrogen) atoms. The van der Waals surface area contributed by atoms with E-state index in [1.54, 1.807) is 12.1 Å². The van der Waals surface area contributed by atoms with E-state index in [1.165, 1.54) is 13.2 Å². The van der Waals surface area contributed by atoms with Crippen LogP contribution in [0.2, 0.25) is 0 Å². The van der Waals surface area contributed by atoms with Crippen LogP contribution in [0.25, 0.3) is 6.08 Å². The topological polar surface area (TPSA) is 50.1 Å². The number of rotatable bonds is 3. The second-order valence-electron chi connectivity index (χ2n) is 3.00. The molecule has 0 saturated heterocycles. The lowest BCUT2D eigenvalue weighted by Crippen LogP contribution is -1.99. The van der Waals surface area contributed by atoms with Crippen LogP contribution in [0.5, 0.6) is 0 Å². The lowest BCUT2D eigenvalue weighted by Gasteiger charge is -1.95. The normalized spacial score (nSPS) is 11.4. The summed E-state index contributed by atoms with van der Waals surface area (Å²) in [6, 6.07) is 7.39. The van der Waals surface area contributed by atoms with Crippen LogP contribution in [0.3, 0.4) is 0 Å². The molecule has 3 nitrogen and oxygen atoms in total. The number of hydrogen-bond acceptors (Lipinski definition) is 3. The summed E-state index contributed by atoms with van der Waals surface area (Å²) in [5, 5.41) is 9.05. The van der Waals surface area contributed by atoms with Gasteiger partial charge in [-0.25, -0.2) is 0 Å². The van der Waals surface area contributed by atoms with Crippen molar-refractivity contribution in [1.29, 1.82) is 5.26 Å². The van der Waals surface area contributed by atoms with E-state index in [2.05, 4.69) is 0 Å². The van der Waals surface area contributed by atoms with Crippen molar-refractivity contribution in [1.82, 2.24) is 0 Å². The summed E-state index contributed by atoms with van der Waals surface area (Å²) < 4.78 is 16.2. The Labute approximate surface area is 89.9 Å². The second-order valence-corrected chi connectivity index (χ2v) is 4.40. The van der Waals surface area contributed by atoms with Crippen molar-refractivity contribution >= 4 is 19.4 Å². The molecule has 0 fully saturated rings. The van der Waals surface area contributed by atoms with Crippen LogP contribution in [-0.2, 0) is 9.09 Å². The first kappa shape index (κ1) is 11.6. The molecule has 0 bridgehead atoms. The Hall–Kier alpha value is -1.49. The van der Waals surface area contributed by atoms with Gasteiger partial charge in [-0.05, 0) is 34.8 Å². The maximum Gasteiger partial charge on any atom is 0.548 e. The number of allylic oxidation sites excluding steroid dienone is 1. The summed E-state index contributed by atoms with van der Waals surface area (Å²) in [5.74, 6) is 0. The third-order valence-electron chi connectivity index (χ3n) is 1.81. The molecular formula is C11H11NO2P+. The first-order valence-electron chi connectivity index (χ1n) is 4.36. The molecule has 1 atom stereocenters. The molecule has 1 aromatic carbocycles. The Morgan fingerprint density at radius 3 is 2.80 bits per heavy atom. The lowest BCUT2D eigenvalue weighted by molar-refractivity contribution is 0.423. The third-order valence-corrected chi connectivity index (χ3v) is 2.82. The minimum atomic E-state index is -1.79. The van der Waals surface area contributed by atoms with E-state index in [-0.39, 0.29) is 0 Å². The number of aryl methyl sites for hydroxylation is 1. The fraction of sp³-hybridized carbons (Fsp3) is 0.182. The van der Waals surface area contributed by atoms with Crippen LogP contribution < -0.4 is 5.30 Å². The van der Waals surface area contributed by atoms with Gasteiger partial charge in [0.1, 0.15) is 0 Å². The highest BCUT2D eigenvalue weighted by Gasteiger charge is 2.20. The van der Waals surface area contributed by atoms with Crippen LogP contribution in [-0.4, -0.2) is 7.11 Å². The zero-order valence-electron chi connectivity index (χ0n) is 8.60. The van der Waals surface area contributed by atoms with Gasteiger partial charge in [0, 0.05) is 12.1 Å². The fourth-order valence-corrected chi connectivity index (χ4v) is 2.01. The number of nitrogens with zero attached hydrogens (tertiary/aromatic N) is 1. The van der Waals surface area contributed by atoms with Gasteiger partial charge in [-0.2, -0.15) is 5.26 Å². The summed E-state index contributed by atoms with van der Waals surface area (Å²) in [5.41, 5.74) is 1.84. The molecule has 0 N–H and O–H groups in total. The Kier molecular flexibility index (Phi) is 4.17. The maximum absolute atomic E-state index is 11.4. The zero-order chi connectivity index (χ0) is 11.3. The summed E-state index contributed by atoms with van der Waals surface area (Å²) >= 11 is 0. The number of nitriles is 1. The summed E-state index contributed by atoms with van der Waals surface area (Å²) in [6.07, 6.45) is 3.06. The molecule has 0 radical (unpaired) electrons. The average molecular weight is 220 g/mol. The van der Waals surface area contributed by atoms with E-state index in [9.17, 15) is 4.57 Å². The maximum atomic E-state index is 11.4. The van der Waals surface area contributed by atoms with Gasteiger partial charge in [0.05, 0.1) is 13.2 Å². The summed E-state index contributed by atoms with van der Waals surface area (Å²) in [7, 11) is -0.379. The first-order chi connectivity index (χ1) is 7.17. The third kappa shape index (κ3) is 3.28. The summed E-state index contributed by atoms with van der Waals surface area (Å²) in [4.78, 5) is 0. The molecule has 1 rings (SSSR count). The number of hydrogen-bond donors (Lipinski definition) is 0. The van der Waals surface area contributed by atoms with Gasteiger partial charge in [0.15, 0.2) is 0 Å². The molecule has 0 aliphatic heterocycles. The predicted molar refractivity (Wildman–Crippen MR) is 60.1 cm³/mol. The predicted octanol–water partition coefficient (Wildman–Crippen LogP) is 2.55. The van der Waals surface area contributed by atoms with Crippen molar-refractivity contribution in [3.63, 3.8) is 0 Å². The molecule has 1 aromatic rings. The van der Waals surface area contributed by atoms with Gasteiger partial charge < -0.3 is 0 Å². The average Bonchev–Trinajstić information content (AvgIpc) is 2.24. The van der Waals surface area contributed by atoms with E-state index in [0.717, 1.165) is 11.1 Å². The quantitative estimate of drug-likeness (QED) is 0.581. The highest BCUT2D eigenvalue weighted by molar-refractivity contribution is 7.48. The van der Waals surface area contributed by atoms with Crippen LogP contribution in [0.1, 0.15) is 11.1 Å². The monoisotopic (exact) mass is 220 g/mol. The van der Waals surface area contributed by atoms with Crippen molar-refractivity contribution < 1.29 is 9.09 Å². The van der Waals surface area contributed by atoms with Crippen LogP contribution in [0.15, 0.2) is 24.3 Å². The Balaban J connectivity index is 3.11. The molecule has 0 aliphatic rings. The summed E-state index contributed by atoms with van der Waals surface area (Å²) in [6.45, 7) is 1.91. The smallest absolute Gasteiger partial charge is 0.193 e. The second kappa shape index (κ2) is 5.41. The van der Waals surface area contributed by atoms with Crippen molar-refractivity contribution in [3.05, 3.63) is 35.4 Å². The van der Waals surface area contributed by atoms with Crippen molar-refractivity contribution in [2.75, 3.05) is 7.11 Å². The van der Waals surface area contributed by atoms with Gasteiger partial charge >= 0.3 is 8.03 Å². The van der Waals surface area contributed by atoms with Crippen molar-refractivity contribution in [2.45, 2.75) is 6.92 Å². The molecule has 76 valence electrons. The minimum absolute atomic E-state index is 0.644. The largest absolute Gasteiger partial charge is 0.548 e. The molecule has 0 saturated carbocycles. The van der Waals surface area contributed by atoms with Crippen LogP contribution >= 0.6 is 8.03 Å². The molecule has 1 unspecified atom stereocenters. The van der Waals surface area contributed by atoms with Gasteiger partial charge in [-0.1, -0.05) is 6.07 Å². The van der Waals surface area contributed by atoms with Crippen molar-refractivity contribution in [3.8, 4) is 6.07 Å². The first-order valence-corrected chi connectivity index (χ1v) is 5.54. The molecule has 0 heterocycles. The molecule has 0 aliphatic carbocycles. The molecule has 0 amide bonds. The van der Waals surface area contributed by atoms with E-state index < -0.39 is 8.03 Å². The van der Waals surface area contributed by atoms with E-state index in [0.29, 0.717) is 5.30 Å². The SMILES string of the molecule is CO[P+](=O)c1cc(C)cc(/C=C/C#N)c1. The van der Waals surface area contributed by atoms with Gasteiger partial charge in [-0.15, -0.1) is 4.52 Å². The minimum Gasteiger partial charge on any atom is -0.193 e. The van der Waals surface area contributed by atoms with Crippen molar-refractivity contribution in [2.24, 2.45) is 0 Å². The Bertz CT molecular complexity index is 446. The van der Waals surface area contributed by atoms with Crippen LogP contribution in [0.4, 0.5) is 0 Å². The highest BCUT2D eigenvalue weighted by atomic mass is 31.1. The fourth-order valence-electron chi connectivity index (χ4n) is 1.23. The van der Waals surface area contributed by atoms with Gasteiger partial charge in [0.25, 0.3) is 0 Å². The Morgan fingerprint density at radius 1 is 1.47 bits per heavy atom. The van der Waals surface area contributed by atoms with Gasteiger partial charge in [-0.3, -0.25) is 0 Å². The van der Waals surface area contributed by atoms with E-state index in [1.807, 2.05) is 25.1 Å². The Morgan fingerprint density at radius 2 is 2.20 bits per heavy atom. The standard InChI is InChI=1S/C11H11NO2P/c1-9-6-10(4-3-5-12)8-11(7-9)15(13)14-2/h3-4,6-8H,1-2H3/q+1/b4-3+. The highest BCUT2D eigenvalue weighted by Crippen LogP contribution is 2.21. The van der Waals surface area contributed by atoms with Gasteiger partial charge in [0.2, 0.25) is 5.30 Å². The molecule has 0 spiro atoms. The molecule has 4 heteroatoms. The molecule has 0 aromatic heterocycles. The van der Waals surface area contributed by atoms with E-state index in [4.69, 9.17) is 9.79 Å². The lowest BCUT2D eigenvalue weighted by atomic mass is 10.1. The molecular weight excluding hydrogens is 209 g/mol. The zero-order valence-corrected chi connectivity index (χ0v) is 9.49. The number of benzene rings is 1. The van der Waals surface area contributed by atoms with Crippen LogP contribution in [0, 0.1) is 18.3 Å².